The van der Waals surface area contributed by atoms with Crippen LogP contribution in [0.3, 0.4) is 0 Å². The predicted molar refractivity (Wildman–Crippen MR) is 74.5 cm³/mol. The summed E-state index contributed by atoms with van der Waals surface area (Å²) in [6, 6.07) is 6.99. The Labute approximate surface area is 114 Å². The third kappa shape index (κ3) is 3.01. The van der Waals surface area contributed by atoms with Gasteiger partial charge in [0.25, 0.3) is 6.29 Å². The van der Waals surface area contributed by atoms with E-state index in [1.54, 1.807) is 0 Å². The van der Waals surface area contributed by atoms with Crippen molar-refractivity contribution in [2.75, 3.05) is 6.54 Å². The molecule has 4 heteroatoms. The number of nitrogens with one attached hydrogen (secondary N) is 1. The second kappa shape index (κ2) is 5.39. The summed E-state index contributed by atoms with van der Waals surface area (Å²) >= 11 is 0. The zero-order chi connectivity index (χ0) is 13.2. The molecule has 0 amide bonds. The van der Waals surface area contributed by atoms with Crippen LogP contribution < -0.4 is 20.5 Å². The molecule has 1 aromatic carbocycles. The first kappa shape index (κ1) is 12.8. The Balaban J connectivity index is 1.48. The Morgan fingerprint density at radius 1 is 1.16 bits per heavy atom. The highest BCUT2D eigenvalue weighted by atomic mass is 16.7. The molecule has 1 saturated carbocycles. The molecule has 0 bridgehead atoms. The fraction of sp³-hybridized carbons (Fsp3) is 0.600. The highest BCUT2D eigenvalue weighted by Gasteiger charge is 2.25. The molecule has 1 aliphatic heterocycles. The maximum absolute atomic E-state index is 5.91. The monoisotopic (exact) mass is 262 g/mol. The summed E-state index contributed by atoms with van der Waals surface area (Å²) in [7, 11) is 0. The van der Waals surface area contributed by atoms with E-state index in [1.807, 2.05) is 18.2 Å². The van der Waals surface area contributed by atoms with Crippen molar-refractivity contribution in [2.45, 2.75) is 51.0 Å². The highest BCUT2D eigenvalue weighted by molar-refractivity contribution is 5.44. The number of hydrogen-bond acceptors (Lipinski definition) is 4. The van der Waals surface area contributed by atoms with Crippen LogP contribution in [0.2, 0.25) is 0 Å². The maximum Gasteiger partial charge on any atom is 0.253 e. The van der Waals surface area contributed by atoms with Gasteiger partial charge in [0.2, 0.25) is 0 Å². The predicted octanol–water partition coefficient (Wildman–Crippen LogP) is 1.95. The average Bonchev–Trinajstić information content (AvgIpc) is 2.80. The van der Waals surface area contributed by atoms with Gasteiger partial charge in [-0.15, -0.1) is 0 Å². The van der Waals surface area contributed by atoms with Gasteiger partial charge in [0.15, 0.2) is 11.5 Å². The number of rotatable bonds is 3. The van der Waals surface area contributed by atoms with Crippen molar-refractivity contribution in [3.8, 4) is 11.5 Å². The molecule has 1 aromatic rings. The van der Waals surface area contributed by atoms with Gasteiger partial charge in [-0.1, -0.05) is 6.07 Å². The molecule has 104 valence electrons. The van der Waals surface area contributed by atoms with Gasteiger partial charge in [-0.25, -0.2) is 0 Å². The molecule has 1 atom stereocenters. The van der Waals surface area contributed by atoms with E-state index in [1.165, 1.54) is 5.56 Å². The quantitative estimate of drug-likeness (QED) is 0.874. The lowest BCUT2D eigenvalue weighted by Crippen LogP contribution is -2.42. The molecular formula is C15H22N2O2. The lowest BCUT2D eigenvalue weighted by atomic mass is 9.92. The van der Waals surface area contributed by atoms with Gasteiger partial charge in [-0.2, -0.15) is 0 Å². The second-order valence-corrected chi connectivity index (χ2v) is 5.64. The van der Waals surface area contributed by atoms with E-state index in [-0.39, 0.29) is 6.29 Å². The van der Waals surface area contributed by atoms with E-state index in [0.29, 0.717) is 12.1 Å². The maximum atomic E-state index is 5.91. The van der Waals surface area contributed by atoms with Gasteiger partial charge in [-0.05, 0) is 50.3 Å². The molecule has 0 spiro atoms. The standard InChI is InChI=1S/C15H22N2O2/c1-10-2-7-13-14(8-10)19-15(18-13)9-17-12-5-3-11(16)4-6-12/h2,7-8,11-12,15,17H,3-6,9,16H2,1H3. The Morgan fingerprint density at radius 2 is 1.89 bits per heavy atom. The lowest BCUT2D eigenvalue weighted by molar-refractivity contribution is 0.0458. The topological polar surface area (TPSA) is 56.5 Å². The molecule has 2 aliphatic rings. The molecular weight excluding hydrogens is 240 g/mol. The highest BCUT2D eigenvalue weighted by Crippen LogP contribution is 2.35. The number of benzene rings is 1. The molecule has 0 radical (unpaired) electrons. The Kier molecular flexibility index (Phi) is 3.62. The van der Waals surface area contributed by atoms with Crippen LogP contribution >= 0.6 is 0 Å². The first-order valence-electron chi connectivity index (χ1n) is 7.13. The fourth-order valence-electron chi connectivity index (χ4n) is 2.78. The van der Waals surface area contributed by atoms with Crippen LogP contribution in [0.25, 0.3) is 0 Å². The van der Waals surface area contributed by atoms with Crippen LogP contribution in [0.15, 0.2) is 18.2 Å². The number of hydrogen-bond donors (Lipinski definition) is 2. The molecule has 0 aromatic heterocycles. The van der Waals surface area contributed by atoms with Crippen molar-refractivity contribution in [3.05, 3.63) is 23.8 Å². The fourth-order valence-corrected chi connectivity index (χ4v) is 2.78. The van der Waals surface area contributed by atoms with Crippen LogP contribution in [0.4, 0.5) is 0 Å². The lowest BCUT2D eigenvalue weighted by Gasteiger charge is -2.27. The summed E-state index contributed by atoms with van der Waals surface area (Å²) in [5.74, 6) is 1.71. The zero-order valence-electron chi connectivity index (χ0n) is 11.4. The largest absolute Gasteiger partial charge is 0.450 e. The number of fused-ring (bicyclic) bond motifs is 1. The second-order valence-electron chi connectivity index (χ2n) is 5.64. The van der Waals surface area contributed by atoms with Gasteiger partial charge < -0.3 is 20.5 Å². The van der Waals surface area contributed by atoms with Crippen molar-refractivity contribution in [1.82, 2.24) is 5.32 Å². The van der Waals surface area contributed by atoms with E-state index in [2.05, 4.69) is 12.2 Å². The third-order valence-electron chi connectivity index (χ3n) is 3.96. The van der Waals surface area contributed by atoms with Crippen LogP contribution in [0.1, 0.15) is 31.2 Å². The minimum Gasteiger partial charge on any atom is -0.450 e. The van der Waals surface area contributed by atoms with Crippen LogP contribution in [-0.4, -0.2) is 24.9 Å². The Morgan fingerprint density at radius 3 is 2.68 bits per heavy atom. The van der Waals surface area contributed by atoms with Crippen molar-refractivity contribution in [3.63, 3.8) is 0 Å². The van der Waals surface area contributed by atoms with Crippen LogP contribution in [0.5, 0.6) is 11.5 Å². The van der Waals surface area contributed by atoms with E-state index in [0.717, 1.165) is 43.7 Å². The van der Waals surface area contributed by atoms with E-state index in [4.69, 9.17) is 15.2 Å². The first-order chi connectivity index (χ1) is 9.20. The van der Waals surface area contributed by atoms with Gasteiger partial charge >= 0.3 is 0 Å². The minimum atomic E-state index is -0.201. The normalized spacial score (nSPS) is 29.5. The molecule has 1 aliphatic carbocycles. The van der Waals surface area contributed by atoms with Gasteiger partial charge in [0.1, 0.15) is 0 Å². The summed E-state index contributed by atoms with van der Waals surface area (Å²) in [5, 5.41) is 3.53. The van der Waals surface area contributed by atoms with E-state index >= 15 is 0 Å². The van der Waals surface area contributed by atoms with Gasteiger partial charge in [-0.3, -0.25) is 0 Å². The van der Waals surface area contributed by atoms with E-state index in [9.17, 15) is 0 Å². The molecule has 1 fully saturated rings. The average molecular weight is 262 g/mol. The van der Waals surface area contributed by atoms with Crippen molar-refractivity contribution < 1.29 is 9.47 Å². The molecule has 4 nitrogen and oxygen atoms in total. The zero-order valence-corrected chi connectivity index (χ0v) is 11.4. The summed E-state index contributed by atoms with van der Waals surface area (Å²) in [5.41, 5.74) is 7.10. The molecule has 3 N–H and O–H groups in total. The summed E-state index contributed by atoms with van der Waals surface area (Å²) in [6.07, 6.45) is 4.33. The summed E-state index contributed by atoms with van der Waals surface area (Å²) in [4.78, 5) is 0. The number of ether oxygens (including phenoxy) is 2. The minimum absolute atomic E-state index is 0.201. The molecule has 1 unspecified atom stereocenters. The van der Waals surface area contributed by atoms with Gasteiger partial charge in [0, 0.05) is 12.1 Å². The van der Waals surface area contributed by atoms with Gasteiger partial charge in [0.05, 0.1) is 6.54 Å². The number of aryl methyl sites for hydroxylation is 1. The molecule has 19 heavy (non-hydrogen) atoms. The Bertz CT molecular complexity index is 442. The molecule has 1 heterocycles. The summed E-state index contributed by atoms with van der Waals surface area (Å²) in [6.45, 7) is 2.79. The number of nitrogens with two attached hydrogens (primary N) is 1. The van der Waals surface area contributed by atoms with Crippen molar-refractivity contribution >= 4 is 0 Å². The smallest absolute Gasteiger partial charge is 0.253 e. The SMILES string of the molecule is Cc1ccc2c(c1)OC(CNC1CCC(N)CC1)O2. The first-order valence-corrected chi connectivity index (χ1v) is 7.13. The molecule has 0 saturated heterocycles. The van der Waals surface area contributed by atoms with Crippen molar-refractivity contribution in [1.29, 1.82) is 0 Å². The summed E-state index contributed by atoms with van der Waals surface area (Å²) < 4.78 is 11.6. The Hall–Kier alpha value is -1.26. The third-order valence-corrected chi connectivity index (χ3v) is 3.96. The van der Waals surface area contributed by atoms with Crippen molar-refractivity contribution in [2.24, 2.45) is 5.73 Å². The molecule has 3 rings (SSSR count). The van der Waals surface area contributed by atoms with E-state index < -0.39 is 0 Å². The van der Waals surface area contributed by atoms with Crippen LogP contribution in [0, 0.1) is 6.92 Å². The van der Waals surface area contributed by atoms with Crippen LogP contribution in [-0.2, 0) is 0 Å².